The van der Waals surface area contributed by atoms with Crippen LogP contribution in [0.25, 0.3) is 0 Å². The maximum absolute atomic E-state index is 12.6. The number of anilines is 2. The normalized spacial score (nSPS) is 17.3. The number of amides is 1. The number of nitrogens with zero attached hydrogens (tertiary/aromatic N) is 1. The minimum absolute atomic E-state index is 0.0102. The topological polar surface area (TPSA) is 61.8 Å². The van der Waals surface area contributed by atoms with E-state index >= 15 is 0 Å². The molecule has 27 heavy (non-hydrogen) atoms. The molecule has 146 valence electrons. The Bertz CT molecular complexity index is 833. The highest BCUT2D eigenvalue weighted by Crippen LogP contribution is 2.47. The van der Waals surface area contributed by atoms with Crippen molar-refractivity contribution < 1.29 is 14.2 Å². The Labute approximate surface area is 169 Å². The molecule has 1 saturated carbocycles. The molecule has 3 rings (SSSR count). The molecule has 5 nitrogen and oxygen atoms in total. The second kappa shape index (κ2) is 8.84. The summed E-state index contributed by atoms with van der Waals surface area (Å²) in [6.07, 6.45) is 5.23. The van der Waals surface area contributed by atoms with Gasteiger partial charge in [-0.3, -0.25) is 4.79 Å². The number of rotatable bonds is 6. The first kappa shape index (κ1) is 20.5. The molecule has 0 bridgehead atoms. The summed E-state index contributed by atoms with van der Waals surface area (Å²) >= 11 is 6.89. The van der Waals surface area contributed by atoms with Crippen LogP contribution in [0.4, 0.5) is 11.4 Å². The van der Waals surface area contributed by atoms with Gasteiger partial charge in [0.15, 0.2) is 0 Å². The van der Waals surface area contributed by atoms with E-state index in [0.717, 1.165) is 31.4 Å². The standard InChI is InChI=1S/C19H25N2O3PS2/c1-21(2)14-10-11-17(25(23,26)24-15-7-4-3-5-8-15)16(13-14)20-19(22)18-9-6-12-27-18/h6,9-13,15H,3-5,7-8H2,1-2H3,(H,20,22)(H,23,26). The van der Waals surface area contributed by atoms with Crippen LogP contribution in [0.15, 0.2) is 35.7 Å². The van der Waals surface area contributed by atoms with Crippen LogP contribution in [0, 0.1) is 0 Å². The van der Waals surface area contributed by atoms with E-state index < -0.39 is 6.49 Å². The van der Waals surface area contributed by atoms with Crippen molar-refractivity contribution in [3.63, 3.8) is 0 Å². The number of nitrogens with one attached hydrogen (secondary N) is 1. The summed E-state index contributed by atoms with van der Waals surface area (Å²) in [4.78, 5) is 26.1. The smallest absolute Gasteiger partial charge is 0.265 e. The highest BCUT2D eigenvalue weighted by Gasteiger charge is 2.28. The third-order valence-electron chi connectivity index (χ3n) is 4.64. The zero-order valence-electron chi connectivity index (χ0n) is 15.6. The molecule has 0 saturated heterocycles. The number of benzene rings is 1. The van der Waals surface area contributed by atoms with Crippen molar-refractivity contribution in [3.8, 4) is 0 Å². The van der Waals surface area contributed by atoms with E-state index in [1.165, 1.54) is 17.8 Å². The largest absolute Gasteiger partial charge is 0.378 e. The molecule has 1 atom stereocenters. The minimum Gasteiger partial charge on any atom is -0.378 e. The molecule has 1 aliphatic carbocycles. The average molecular weight is 425 g/mol. The summed E-state index contributed by atoms with van der Waals surface area (Å²) in [5.74, 6) is -0.213. The highest BCUT2D eigenvalue weighted by molar-refractivity contribution is 8.13. The van der Waals surface area contributed by atoms with Gasteiger partial charge in [-0.2, -0.15) is 0 Å². The third-order valence-corrected chi connectivity index (χ3v) is 7.94. The summed E-state index contributed by atoms with van der Waals surface area (Å²) < 4.78 is 6.00. The molecule has 1 amide bonds. The van der Waals surface area contributed by atoms with Crippen LogP contribution in [0.3, 0.4) is 0 Å². The van der Waals surface area contributed by atoms with Gasteiger partial charge in [-0.25, -0.2) is 0 Å². The molecule has 1 fully saturated rings. The number of hydrogen-bond acceptors (Lipinski definition) is 5. The Hall–Kier alpha value is -1.24. The van der Waals surface area contributed by atoms with Gasteiger partial charge in [0.1, 0.15) is 0 Å². The van der Waals surface area contributed by atoms with Gasteiger partial charge >= 0.3 is 0 Å². The molecule has 1 aliphatic rings. The maximum Gasteiger partial charge on any atom is 0.265 e. The molecule has 2 aromatic rings. The number of carbonyl (C=O) groups is 1. The molecule has 1 aromatic heterocycles. The lowest BCUT2D eigenvalue weighted by Gasteiger charge is -2.28. The molecular weight excluding hydrogens is 399 g/mol. The fourth-order valence-electron chi connectivity index (χ4n) is 3.17. The minimum atomic E-state index is -3.23. The Kier molecular flexibility index (Phi) is 6.71. The highest BCUT2D eigenvalue weighted by atomic mass is 32.5. The Morgan fingerprint density at radius 3 is 2.67 bits per heavy atom. The summed E-state index contributed by atoms with van der Waals surface area (Å²) in [6.45, 7) is -3.23. The first-order valence-electron chi connectivity index (χ1n) is 9.05. The molecular formula is C19H25N2O3PS2. The number of thiophene rings is 1. The SMILES string of the molecule is CN(C)c1ccc(P(O)(=S)OC2CCCCC2)c(NC(=O)c2cccs2)c1. The summed E-state index contributed by atoms with van der Waals surface area (Å²) in [7, 11) is 3.85. The Balaban J connectivity index is 1.90. The van der Waals surface area contributed by atoms with E-state index in [0.29, 0.717) is 15.9 Å². The fourth-order valence-corrected chi connectivity index (χ4v) is 6.05. The third kappa shape index (κ3) is 5.18. The first-order chi connectivity index (χ1) is 12.9. The average Bonchev–Trinajstić information content (AvgIpc) is 3.16. The van der Waals surface area contributed by atoms with Gasteiger partial charge in [-0.05, 0) is 54.3 Å². The van der Waals surface area contributed by atoms with E-state index in [1.54, 1.807) is 12.1 Å². The number of hydrogen-bond donors (Lipinski definition) is 2. The predicted molar refractivity (Wildman–Crippen MR) is 117 cm³/mol. The van der Waals surface area contributed by atoms with Crippen LogP contribution >= 0.6 is 17.8 Å². The van der Waals surface area contributed by atoms with E-state index in [2.05, 4.69) is 5.32 Å². The van der Waals surface area contributed by atoms with Crippen molar-refractivity contribution in [2.24, 2.45) is 0 Å². The first-order valence-corrected chi connectivity index (χ1v) is 12.6. The van der Waals surface area contributed by atoms with E-state index in [4.69, 9.17) is 16.3 Å². The van der Waals surface area contributed by atoms with E-state index in [-0.39, 0.29) is 12.0 Å². The molecule has 0 aliphatic heterocycles. The van der Waals surface area contributed by atoms with E-state index in [1.807, 2.05) is 42.6 Å². The van der Waals surface area contributed by atoms with Crippen molar-refractivity contribution >= 4 is 52.2 Å². The van der Waals surface area contributed by atoms with Crippen molar-refractivity contribution in [3.05, 3.63) is 40.6 Å². The lowest BCUT2D eigenvalue weighted by atomic mass is 9.98. The molecule has 0 spiro atoms. The van der Waals surface area contributed by atoms with Gasteiger partial charge in [0.25, 0.3) is 5.91 Å². The van der Waals surface area contributed by atoms with Gasteiger partial charge in [0, 0.05) is 19.8 Å². The van der Waals surface area contributed by atoms with Gasteiger partial charge in [-0.1, -0.05) is 25.3 Å². The lowest BCUT2D eigenvalue weighted by molar-refractivity contribution is 0.103. The monoisotopic (exact) mass is 424 g/mol. The molecule has 1 aromatic carbocycles. The summed E-state index contributed by atoms with van der Waals surface area (Å²) in [5.41, 5.74) is 1.43. The van der Waals surface area contributed by atoms with Crippen LogP contribution in [0.5, 0.6) is 0 Å². The zero-order chi connectivity index (χ0) is 19.4. The van der Waals surface area contributed by atoms with Gasteiger partial charge in [-0.15, -0.1) is 11.3 Å². The van der Waals surface area contributed by atoms with Crippen LogP contribution in [0.1, 0.15) is 41.8 Å². The molecule has 8 heteroatoms. The fraction of sp³-hybridized carbons (Fsp3) is 0.421. The Morgan fingerprint density at radius 1 is 1.30 bits per heavy atom. The van der Waals surface area contributed by atoms with Gasteiger partial charge in [0.05, 0.1) is 22.0 Å². The van der Waals surface area contributed by atoms with E-state index in [9.17, 15) is 9.69 Å². The zero-order valence-corrected chi connectivity index (χ0v) is 18.1. The molecule has 1 heterocycles. The number of carbonyl (C=O) groups excluding carboxylic acids is 1. The van der Waals surface area contributed by atoms with Crippen LogP contribution < -0.4 is 15.5 Å². The van der Waals surface area contributed by atoms with Crippen molar-refractivity contribution in [1.82, 2.24) is 0 Å². The molecule has 1 unspecified atom stereocenters. The summed E-state index contributed by atoms with van der Waals surface area (Å²) in [5, 5.41) is 5.27. The Morgan fingerprint density at radius 2 is 2.04 bits per heavy atom. The van der Waals surface area contributed by atoms with Crippen LogP contribution in [-0.4, -0.2) is 31.0 Å². The van der Waals surface area contributed by atoms with Crippen molar-refractivity contribution in [2.75, 3.05) is 24.3 Å². The van der Waals surface area contributed by atoms with Gasteiger partial charge < -0.3 is 19.6 Å². The molecule has 0 radical (unpaired) electrons. The second-order valence-corrected chi connectivity index (χ2v) is 11.1. The predicted octanol–water partition coefficient (Wildman–Crippen LogP) is 4.34. The van der Waals surface area contributed by atoms with Gasteiger partial charge in [0.2, 0.25) is 6.49 Å². The van der Waals surface area contributed by atoms with Crippen molar-refractivity contribution in [2.45, 2.75) is 38.2 Å². The lowest BCUT2D eigenvalue weighted by Crippen LogP contribution is -2.23. The van der Waals surface area contributed by atoms with Crippen LogP contribution in [0.2, 0.25) is 0 Å². The van der Waals surface area contributed by atoms with Crippen LogP contribution in [-0.2, 0) is 16.3 Å². The second-order valence-electron chi connectivity index (χ2n) is 6.91. The maximum atomic E-state index is 12.6. The molecule has 2 N–H and O–H groups in total. The summed E-state index contributed by atoms with van der Waals surface area (Å²) in [6, 6.07) is 9.10. The van der Waals surface area contributed by atoms with Crippen molar-refractivity contribution in [1.29, 1.82) is 0 Å². The quantitative estimate of drug-likeness (QED) is 0.676.